The number of anilines is 1. The number of oxazole rings is 1. The van der Waals surface area contributed by atoms with Crippen LogP contribution in [0.4, 0.5) is 5.69 Å². The highest BCUT2D eigenvalue weighted by molar-refractivity contribution is 5.77. The molecule has 80 valence electrons. The molecule has 5 heteroatoms. The Bertz CT molecular complexity index is 653. The van der Waals surface area contributed by atoms with E-state index in [0.29, 0.717) is 17.3 Å². The Morgan fingerprint density at radius 1 is 1.31 bits per heavy atom. The van der Waals surface area contributed by atoms with E-state index in [1.807, 2.05) is 19.2 Å². The summed E-state index contributed by atoms with van der Waals surface area (Å²) >= 11 is 0. The Morgan fingerprint density at radius 3 is 2.94 bits per heavy atom. The van der Waals surface area contributed by atoms with E-state index in [1.54, 1.807) is 22.9 Å². The SMILES string of the molecule is Cc1ccn(-c2nc3cc(N)ccc3o2)n1. The third-order valence-corrected chi connectivity index (χ3v) is 2.32. The summed E-state index contributed by atoms with van der Waals surface area (Å²) in [4.78, 5) is 4.31. The van der Waals surface area contributed by atoms with Gasteiger partial charge in [0.1, 0.15) is 5.52 Å². The normalized spacial score (nSPS) is 11.1. The monoisotopic (exact) mass is 214 g/mol. The molecule has 0 radical (unpaired) electrons. The first-order valence-corrected chi connectivity index (χ1v) is 4.91. The minimum atomic E-state index is 0.453. The Balaban J connectivity index is 2.18. The Morgan fingerprint density at radius 2 is 2.19 bits per heavy atom. The lowest BCUT2D eigenvalue weighted by molar-refractivity contribution is 0.542. The zero-order chi connectivity index (χ0) is 11.1. The van der Waals surface area contributed by atoms with E-state index < -0.39 is 0 Å². The maximum absolute atomic E-state index is 5.67. The molecule has 2 N–H and O–H groups in total. The van der Waals surface area contributed by atoms with Crippen LogP contribution in [0.15, 0.2) is 34.9 Å². The predicted molar refractivity (Wildman–Crippen MR) is 60.3 cm³/mol. The van der Waals surface area contributed by atoms with Gasteiger partial charge < -0.3 is 10.2 Å². The first kappa shape index (κ1) is 8.96. The van der Waals surface area contributed by atoms with Crippen molar-refractivity contribution in [3.63, 3.8) is 0 Å². The lowest BCUT2D eigenvalue weighted by atomic mass is 10.3. The molecule has 3 aromatic rings. The van der Waals surface area contributed by atoms with Gasteiger partial charge in [0.25, 0.3) is 0 Å². The highest BCUT2D eigenvalue weighted by Gasteiger charge is 2.08. The van der Waals surface area contributed by atoms with Crippen LogP contribution < -0.4 is 5.73 Å². The average molecular weight is 214 g/mol. The van der Waals surface area contributed by atoms with Crippen molar-refractivity contribution in [2.24, 2.45) is 0 Å². The van der Waals surface area contributed by atoms with Crippen LogP contribution in [-0.4, -0.2) is 14.8 Å². The van der Waals surface area contributed by atoms with Crippen molar-refractivity contribution in [3.8, 4) is 6.01 Å². The summed E-state index contributed by atoms with van der Waals surface area (Å²) in [6.07, 6.45) is 1.81. The highest BCUT2D eigenvalue weighted by atomic mass is 16.4. The van der Waals surface area contributed by atoms with Crippen LogP contribution >= 0.6 is 0 Å². The highest BCUT2D eigenvalue weighted by Crippen LogP contribution is 2.20. The fourth-order valence-corrected chi connectivity index (χ4v) is 1.55. The van der Waals surface area contributed by atoms with Gasteiger partial charge in [-0.15, -0.1) is 0 Å². The second kappa shape index (κ2) is 3.10. The molecular weight excluding hydrogens is 204 g/mol. The average Bonchev–Trinajstić information content (AvgIpc) is 2.83. The smallest absolute Gasteiger partial charge is 0.323 e. The molecule has 0 amide bonds. The fraction of sp³-hybridized carbons (Fsp3) is 0.0909. The van der Waals surface area contributed by atoms with Gasteiger partial charge in [-0.25, -0.2) is 0 Å². The molecule has 0 unspecified atom stereocenters. The molecule has 2 heterocycles. The van der Waals surface area contributed by atoms with E-state index in [0.717, 1.165) is 11.2 Å². The number of hydrogen-bond donors (Lipinski definition) is 1. The summed E-state index contributed by atoms with van der Waals surface area (Å²) in [5.41, 5.74) is 8.71. The van der Waals surface area contributed by atoms with Gasteiger partial charge in [0.05, 0.1) is 5.69 Å². The molecule has 0 aliphatic carbocycles. The maximum Gasteiger partial charge on any atom is 0.323 e. The molecule has 0 bridgehead atoms. The first-order chi connectivity index (χ1) is 7.72. The van der Waals surface area contributed by atoms with Gasteiger partial charge in [-0.1, -0.05) is 0 Å². The topological polar surface area (TPSA) is 69.9 Å². The van der Waals surface area contributed by atoms with Gasteiger partial charge in [-0.3, -0.25) is 0 Å². The lowest BCUT2D eigenvalue weighted by Crippen LogP contribution is -1.94. The van der Waals surface area contributed by atoms with Crippen LogP contribution in [0, 0.1) is 6.92 Å². The van der Waals surface area contributed by atoms with Crippen molar-refractivity contribution in [3.05, 3.63) is 36.2 Å². The van der Waals surface area contributed by atoms with Crippen molar-refractivity contribution in [2.75, 3.05) is 5.73 Å². The number of hydrogen-bond acceptors (Lipinski definition) is 4. The molecule has 0 fully saturated rings. The Hall–Kier alpha value is -2.30. The fourth-order valence-electron chi connectivity index (χ4n) is 1.55. The summed E-state index contributed by atoms with van der Waals surface area (Å²) in [6, 6.07) is 7.71. The molecule has 0 saturated heterocycles. The maximum atomic E-state index is 5.67. The summed E-state index contributed by atoms with van der Waals surface area (Å²) in [7, 11) is 0. The predicted octanol–water partition coefficient (Wildman–Crippen LogP) is 1.90. The van der Waals surface area contributed by atoms with Crippen molar-refractivity contribution >= 4 is 16.8 Å². The van der Waals surface area contributed by atoms with Gasteiger partial charge in [0.15, 0.2) is 5.58 Å². The quantitative estimate of drug-likeness (QED) is 0.628. The van der Waals surface area contributed by atoms with Gasteiger partial charge >= 0.3 is 6.01 Å². The van der Waals surface area contributed by atoms with Crippen LogP contribution in [-0.2, 0) is 0 Å². The second-order valence-corrected chi connectivity index (χ2v) is 3.63. The van der Waals surface area contributed by atoms with E-state index in [4.69, 9.17) is 10.2 Å². The summed E-state index contributed by atoms with van der Waals surface area (Å²) < 4.78 is 7.16. The lowest BCUT2D eigenvalue weighted by Gasteiger charge is -1.90. The van der Waals surface area contributed by atoms with Gasteiger partial charge in [-0.05, 0) is 31.2 Å². The molecule has 5 nitrogen and oxygen atoms in total. The van der Waals surface area contributed by atoms with Gasteiger partial charge in [0, 0.05) is 11.9 Å². The number of nitrogens with two attached hydrogens (primary N) is 1. The van der Waals surface area contributed by atoms with Crippen LogP contribution in [0.5, 0.6) is 0 Å². The summed E-state index contributed by atoms with van der Waals surface area (Å²) in [5, 5.41) is 4.23. The molecular formula is C11H10N4O. The number of benzene rings is 1. The third kappa shape index (κ3) is 1.33. The van der Waals surface area contributed by atoms with Crippen molar-refractivity contribution < 1.29 is 4.42 Å². The zero-order valence-electron chi connectivity index (χ0n) is 8.71. The van der Waals surface area contributed by atoms with E-state index in [-0.39, 0.29) is 0 Å². The molecule has 0 aliphatic rings. The number of fused-ring (bicyclic) bond motifs is 1. The number of rotatable bonds is 1. The molecule has 0 atom stereocenters. The number of nitrogen functional groups attached to an aromatic ring is 1. The van der Waals surface area contributed by atoms with E-state index in [1.165, 1.54) is 0 Å². The van der Waals surface area contributed by atoms with Crippen LogP contribution in [0.2, 0.25) is 0 Å². The zero-order valence-corrected chi connectivity index (χ0v) is 8.71. The van der Waals surface area contributed by atoms with E-state index >= 15 is 0 Å². The molecule has 0 aliphatic heterocycles. The molecule has 2 aromatic heterocycles. The van der Waals surface area contributed by atoms with E-state index in [9.17, 15) is 0 Å². The standard InChI is InChI=1S/C11H10N4O/c1-7-4-5-15(14-7)11-13-9-6-8(12)2-3-10(9)16-11/h2-6H,12H2,1H3. The minimum absolute atomic E-state index is 0.453. The van der Waals surface area contributed by atoms with Crippen molar-refractivity contribution in [2.45, 2.75) is 6.92 Å². The molecule has 0 saturated carbocycles. The largest absolute Gasteiger partial charge is 0.422 e. The van der Waals surface area contributed by atoms with Crippen LogP contribution in [0.1, 0.15) is 5.69 Å². The van der Waals surface area contributed by atoms with Gasteiger partial charge in [0.2, 0.25) is 0 Å². The number of aryl methyl sites for hydroxylation is 1. The first-order valence-electron chi connectivity index (χ1n) is 4.91. The number of aromatic nitrogens is 3. The Labute approximate surface area is 91.5 Å². The molecule has 1 aromatic carbocycles. The van der Waals surface area contributed by atoms with Crippen molar-refractivity contribution in [1.82, 2.24) is 14.8 Å². The van der Waals surface area contributed by atoms with Crippen LogP contribution in [0.3, 0.4) is 0 Å². The molecule has 3 rings (SSSR count). The van der Waals surface area contributed by atoms with Crippen LogP contribution in [0.25, 0.3) is 17.1 Å². The summed E-state index contributed by atoms with van der Waals surface area (Å²) in [6.45, 7) is 1.91. The minimum Gasteiger partial charge on any atom is -0.422 e. The van der Waals surface area contributed by atoms with Crippen molar-refractivity contribution in [1.29, 1.82) is 0 Å². The Kier molecular flexibility index (Phi) is 1.73. The molecule has 0 spiro atoms. The second-order valence-electron chi connectivity index (χ2n) is 3.63. The molecule has 16 heavy (non-hydrogen) atoms. The van der Waals surface area contributed by atoms with Gasteiger partial charge in [-0.2, -0.15) is 14.8 Å². The van der Waals surface area contributed by atoms with E-state index in [2.05, 4.69) is 10.1 Å². The third-order valence-electron chi connectivity index (χ3n) is 2.32. The summed E-state index contributed by atoms with van der Waals surface area (Å²) in [5.74, 6) is 0. The number of nitrogens with zero attached hydrogens (tertiary/aromatic N) is 3.